The number of amides is 2. The summed E-state index contributed by atoms with van der Waals surface area (Å²) in [6.45, 7) is 2.62. The zero-order valence-electron chi connectivity index (χ0n) is 19.1. The van der Waals surface area contributed by atoms with Crippen LogP contribution in [0.15, 0.2) is 66.7 Å². The van der Waals surface area contributed by atoms with Gasteiger partial charge in [0.1, 0.15) is 11.5 Å². The summed E-state index contributed by atoms with van der Waals surface area (Å²) in [6.07, 6.45) is 0. The van der Waals surface area contributed by atoms with Crippen LogP contribution in [0.25, 0.3) is 0 Å². The second-order valence-electron chi connectivity index (χ2n) is 7.89. The predicted molar refractivity (Wildman–Crippen MR) is 134 cm³/mol. The van der Waals surface area contributed by atoms with Crippen LogP contribution >= 0.6 is 11.6 Å². The Morgan fingerprint density at radius 2 is 1.47 bits per heavy atom. The molecular formula is C26H26ClN3O4. The van der Waals surface area contributed by atoms with Gasteiger partial charge < -0.3 is 24.6 Å². The third kappa shape index (κ3) is 5.43. The number of carbonyl (C=O) groups is 2. The number of nitrogens with one attached hydrogen (secondary N) is 1. The lowest BCUT2D eigenvalue weighted by atomic mass is 10.1. The van der Waals surface area contributed by atoms with E-state index >= 15 is 0 Å². The minimum Gasteiger partial charge on any atom is -0.497 e. The van der Waals surface area contributed by atoms with E-state index in [4.69, 9.17) is 21.1 Å². The molecule has 1 fully saturated rings. The highest BCUT2D eigenvalue weighted by Crippen LogP contribution is 2.25. The first kappa shape index (κ1) is 23.4. The topological polar surface area (TPSA) is 71.1 Å². The molecule has 7 nitrogen and oxygen atoms in total. The van der Waals surface area contributed by atoms with E-state index in [1.54, 1.807) is 56.7 Å². The van der Waals surface area contributed by atoms with Crippen molar-refractivity contribution in [3.63, 3.8) is 0 Å². The molecule has 0 unspecified atom stereocenters. The summed E-state index contributed by atoms with van der Waals surface area (Å²) < 4.78 is 10.6. The lowest BCUT2D eigenvalue weighted by Gasteiger charge is -2.36. The molecule has 0 spiro atoms. The number of halogens is 1. The third-order valence-corrected chi connectivity index (χ3v) is 5.98. The van der Waals surface area contributed by atoms with Crippen LogP contribution in [0.5, 0.6) is 11.5 Å². The zero-order valence-corrected chi connectivity index (χ0v) is 19.8. The Labute approximate surface area is 203 Å². The van der Waals surface area contributed by atoms with Gasteiger partial charge in [-0.1, -0.05) is 17.7 Å². The van der Waals surface area contributed by atoms with Gasteiger partial charge >= 0.3 is 0 Å². The number of nitrogens with zero attached hydrogens (tertiary/aromatic N) is 2. The maximum atomic E-state index is 13.0. The highest BCUT2D eigenvalue weighted by atomic mass is 35.5. The molecule has 1 N–H and O–H groups in total. The van der Waals surface area contributed by atoms with Crippen LogP contribution in [0.1, 0.15) is 20.7 Å². The number of hydrogen-bond donors (Lipinski definition) is 1. The van der Waals surface area contributed by atoms with Crippen molar-refractivity contribution in [2.24, 2.45) is 0 Å². The van der Waals surface area contributed by atoms with Crippen molar-refractivity contribution in [1.29, 1.82) is 0 Å². The van der Waals surface area contributed by atoms with Gasteiger partial charge in [-0.05, 0) is 54.6 Å². The van der Waals surface area contributed by atoms with Gasteiger partial charge in [0.25, 0.3) is 11.8 Å². The predicted octanol–water partition coefficient (Wildman–Crippen LogP) is 4.57. The van der Waals surface area contributed by atoms with Crippen molar-refractivity contribution in [3.8, 4) is 11.5 Å². The van der Waals surface area contributed by atoms with Crippen LogP contribution in [-0.4, -0.2) is 57.1 Å². The van der Waals surface area contributed by atoms with Gasteiger partial charge in [-0.15, -0.1) is 0 Å². The summed E-state index contributed by atoms with van der Waals surface area (Å²) in [5.41, 5.74) is 2.79. The number of piperazine rings is 1. The number of rotatable bonds is 6. The molecule has 4 rings (SSSR count). The fourth-order valence-electron chi connectivity index (χ4n) is 3.87. The SMILES string of the molecule is COc1cc(OC)cc(C(=O)N2CCN(c3ccc(NC(=O)c4cccc(Cl)c4)cc3)CC2)c1. The van der Waals surface area contributed by atoms with Crippen molar-refractivity contribution < 1.29 is 19.1 Å². The van der Waals surface area contributed by atoms with Crippen LogP contribution in [0.2, 0.25) is 5.02 Å². The normalized spacial score (nSPS) is 13.4. The Morgan fingerprint density at radius 3 is 2.06 bits per heavy atom. The van der Waals surface area contributed by atoms with E-state index in [0.29, 0.717) is 59.5 Å². The summed E-state index contributed by atoms with van der Waals surface area (Å²) >= 11 is 5.97. The van der Waals surface area contributed by atoms with E-state index in [2.05, 4.69) is 10.2 Å². The van der Waals surface area contributed by atoms with Crippen LogP contribution in [-0.2, 0) is 0 Å². The second kappa shape index (κ2) is 10.5. The Balaban J connectivity index is 1.35. The largest absolute Gasteiger partial charge is 0.497 e. The summed E-state index contributed by atoms with van der Waals surface area (Å²) in [4.78, 5) is 29.5. The highest BCUT2D eigenvalue weighted by Gasteiger charge is 2.23. The number of anilines is 2. The fraction of sp³-hybridized carbons (Fsp3) is 0.231. The molecule has 1 heterocycles. The average molecular weight is 480 g/mol. The average Bonchev–Trinajstić information content (AvgIpc) is 2.88. The van der Waals surface area contributed by atoms with Crippen LogP contribution in [0.3, 0.4) is 0 Å². The molecule has 1 aliphatic heterocycles. The van der Waals surface area contributed by atoms with Gasteiger partial charge in [0.05, 0.1) is 14.2 Å². The van der Waals surface area contributed by atoms with Crippen molar-refractivity contribution >= 4 is 34.8 Å². The van der Waals surface area contributed by atoms with E-state index in [1.165, 1.54) is 0 Å². The molecule has 34 heavy (non-hydrogen) atoms. The van der Waals surface area contributed by atoms with E-state index < -0.39 is 0 Å². The molecule has 0 atom stereocenters. The minimum absolute atomic E-state index is 0.0454. The Morgan fingerprint density at radius 1 is 0.824 bits per heavy atom. The zero-order chi connectivity index (χ0) is 24.1. The Bertz CT molecular complexity index is 1150. The molecule has 176 valence electrons. The monoisotopic (exact) mass is 479 g/mol. The first-order valence-corrected chi connectivity index (χ1v) is 11.3. The molecule has 0 bridgehead atoms. The molecule has 0 aliphatic carbocycles. The van der Waals surface area contributed by atoms with E-state index in [0.717, 1.165) is 5.69 Å². The van der Waals surface area contributed by atoms with Crippen molar-refractivity contribution in [3.05, 3.63) is 82.9 Å². The minimum atomic E-state index is -0.212. The number of hydrogen-bond acceptors (Lipinski definition) is 5. The van der Waals surface area contributed by atoms with E-state index in [1.807, 2.05) is 29.2 Å². The van der Waals surface area contributed by atoms with Crippen molar-refractivity contribution in [1.82, 2.24) is 4.90 Å². The summed E-state index contributed by atoms with van der Waals surface area (Å²) in [5, 5.41) is 3.40. The smallest absolute Gasteiger partial charge is 0.255 e. The number of carbonyl (C=O) groups excluding carboxylic acids is 2. The standard InChI is InChI=1S/C26H26ClN3O4/c1-33-23-15-19(16-24(17-23)34-2)26(32)30-12-10-29(11-13-30)22-8-6-21(7-9-22)28-25(31)18-4-3-5-20(27)14-18/h3-9,14-17H,10-13H2,1-2H3,(H,28,31). The molecule has 0 aromatic heterocycles. The fourth-order valence-corrected chi connectivity index (χ4v) is 4.06. The van der Waals surface area contributed by atoms with E-state index in [9.17, 15) is 9.59 Å². The van der Waals surface area contributed by atoms with Crippen molar-refractivity contribution in [2.75, 3.05) is 50.6 Å². The van der Waals surface area contributed by atoms with Gasteiger partial charge in [0.15, 0.2) is 0 Å². The number of ether oxygens (including phenoxy) is 2. The molecule has 3 aromatic carbocycles. The first-order chi connectivity index (χ1) is 16.5. The number of methoxy groups -OCH3 is 2. The molecule has 8 heteroatoms. The van der Waals surface area contributed by atoms with Crippen LogP contribution < -0.4 is 19.7 Å². The first-order valence-electron chi connectivity index (χ1n) is 10.9. The Hall–Kier alpha value is -3.71. The molecule has 3 aromatic rings. The summed E-state index contributed by atoms with van der Waals surface area (Å²) in [5.74, 6) is 0.917. The molecule has 1 saturated heterocycles. The van der Waals surface area contributed by atoms with Crippen molar-refractivity contribution in [2.45, 2.75) is 0 Å². The molecule has 0 saturated carbocycles. The van der Waals surface area contributed by atoms with Gasteiger partial charge in [0, 0.05) is 59.8 Å². The third-order valence-electron chi connectivity index (χ3n) is 5.74. The maximum Gasteiger partial charge on any atom is 0.255 e. The number of benzene rings is 3. The van der Waals surface area contributed by atoms with Gasteiger partial charge in [-0.25, -0.2) is 0 Å². The van der Waals surface area contributed by atoms with Crippen LogP contribution in [0, 0.1) is 0 Å². The highest BCUT2D eigenvalue weighted by molar-refractivity contribution is 6.31. The summed E-state index contributed by atoms with van der Waals surface area (Å²) in [7, 11) is 3.13. The molecule has 2 amide bonds. The molecule has 1 aliphatic rings. The quantitative estimate of drug-likeness (QED) is 0.560. The van der Waals surface area contributed by atoms with Gasteiger partial charge in [0.2, 0.25) is 0 Å². The molecular weight excluding hydrogens is 454 g/mol. The maximum absolute atomic E-state index is 13.0. The lowest BCUT2D eigenvalue weighted by Crippen LogP contribution is -2.48. The van der Waals surface area contributed by atoms with Gasteiger partial charge in [-0.2, -0.15) is 0 Å². The lowest BCUT2D eigenvalue weighted by molar-refractivity contribution is 0.0746. The van der Waals surface area contributed by atoms with Crippen LogP contribution in [0.4, 0.5) is 11.4 Å². The second-order valence-corrected chi connectivity index (χ2v) is 8.33. The molecule has 0 radical (unpaired) electrons. The van der Waals surface area contributed by atoms with Gasteiger partial charge in [-0.3, -0.25) is 9.59 Å². The van der Waals surface area contributed by atoms with E-state index in [-0.39, 0.29) is 11.8 Å². The summed E-state index contributed by atoms with van der Waals surface area (Å²) in [6, 6.07) is 19.7. The Kier molecular flexibility index (Phi) is 7.23.